The topological polar surface area (TPSA) is 116 Å². The third-order valence-corrected chi connectivity index (χ3v) is 4.85. The summed E-state index contributed by atoms with van der Waals surface area (Å²) in [5.74, 6) is -1.84. The first kappa shape index (κ1) is 21.4. The average Bonchev–Trinajstić information content (AvgIpc) is 3.20. The number of rotatable bonds is 5. The van der Waals surface area contributed by atoms with Gasteiger partial charge in [0.1, 0.15) is 22.8 Å². The first-order valence-electron chi connectivity index (χ1n) is 9.81. The zero-order chi connectivity index (χ0) is 23.0. The Hall–Kier alpha value is -3.79. The van der Waals surface area contributed by atoms with Gasteiger partial charge in [0, 0.05) is 0 Å². The molecule has 0 saturated heterocycles. The van der Waals surface area contributed by atoms with Gasteiger partial charge >= 0.3 is 0 Å². The van der Waals surface area contributed by atoms with E-state index in [9.17, 15) is 13.9 Å². The molecule has 0 saturated carbocycles. The zero-order valence-electron chi connectivity index (χ0n) is 17.7. The van der Waals surface area contributed by atoms with Gasteiger partial charge in [-0.1, -0.05) is 23.4 Å². The van der Waals surface area contributed by atoms with Gasteiger partial charge in [0.05, 0.1) is 29.7 Å². The molecule has 0 aliphatic heterocycles. The number of pyridine rings is 1. The van der Waals surface area contributed by atoms with E-state index >= 15 is 0 Å². The van der Waals surface area contributed by atoms with E-state index in [1.807, 2.05) is 0 Å². The fraction of sp³-hybridized carbons (Fsp3) is 0.227. The van der Waals surface area contributed by atoms with Gasteiger partial charge in [0.2, 0.25) is 0 Å². The summed E-state index contributed by atoms with van der Waals surface area (Å²) < 4.78 is 30.7. The molecule has 0 bridgehead atoms. The largest absolute Gasteiger partial charge is 0.384 e. The maximum atomic E-state index is 14.7. The predicted molar refractivity (Wildman–Crippen MR) is 114 cm³/mol. The van der Waals surface area contributed by atoms with Crippen molar-refractivity contribution in [3.63, 3.8) is 0 Å². The molecule has 10 heteroatoms. The minimum absolute atomic E-state index is 0.0470. The molecule has 0 amide bonds. The number of anilines is 1. The number of hydrogen-bond acceptors (Lipinski definition) is 7. The van der Waals surface area contributed by atoms with E-state index in [-0.39, 0.29) is 29.3 Å². The van der Waals surface area contributed by atoms with Gasteiger partial charge in [-0.25, -0.2) is 23.4 Å². The highest BCUT2D eigenvalue weighted by Gasteiger charge is 2.21. The molecule has 3 aromatic heterocycles. The van der Waals surface area contributed by atoms with E-state index < -0.39 is 23.1 Å². The van der Waals surface area contributed by atoms with E-state index in [0.29, 0.717) is 17.0 Å². The van der Waals surface area contributed by atoms with Crippen LogP contribution in [-0.2, 0) is 12.1 Å². The van der Waals surface area contributed by atoms with Gasteiger partial charge in [-0.2, -0.15) is 0 Å². The third kappa shape index (κ3) is 4.17. The van der Waals surface area contributed by atoms with Crippen molar-refractivity contribution in [3.05, 3.63) is 71.2 Å². The molecule has 8 nitrogen and oxygen atoms in total. The van der Waals surface area contributed by atoms with Crippen LogP contribution in [0.4, 0.5) is 14.6 Å². The Bertz CT molecular complexity index is 1300. The molecule has 0 aliphatic rings. The van der Waals surface area contributed by atoms with E-state index in [0.717, 1.165) is 0 Å². The van der Waals surface area contributed by atoms with Crippen LogP contribution < -0.4 is 5.73 Å². The highest BCUT2D eigenvalue weighted by atomic mass is 19.1. The standard InChI is InChI=1S/C22H21F2N7O/c1-12-6-4-8-14(17(12)23)21-27-19(18(24)20(25)28-21)15-11-31(30-29-15)10-13-7-5-9-16(26-13)22(2,3)32/h4-9,11,32H,10H2,1-3H3,(H2,25,27,28). The van der Waals surface area contributed by atoms with Crippen molar-refractivity contribution in [2.75, 3.05) is 5.73 Å². The van der Waals surface area contributed by atoms with Crippen LogP contribution in [0.25, 0.3) is 22.8 Å². The highest BCUT2D eigenvalue weighted by Crippen LogP contribution is 2.28. The second-order valence-corrected chi connectivity index (χ2v) is 7.91. The smallest absolute Gasteiger partial charge is 0.193 e. The number of nitrogens with zero attached hydrogens (tertiary/aromatic N) is 6. The second kappa shape index (κ2) is 8.04. The van der Waals surface area contributed by atoms with Crippen LogP contribution in [0.2, 0.25) is 0 Å². The molecule has 1 aromatic carbocycles. The number of hydrogen-bond donors (Lipinski definition) is 2. The number of aromatic nitrogens is 6. The van der Waals surface area contributed by atoms with Crippen LogP contribution in [0.5, 0.6) is 0 Å². The van der Waals surface area contributed by atoms with Gasteiger partial charge < -0.3 is 10.8 Å². The lowest BCUT2D eigenvalue weighted by Gasteiger charge is -2.17. The minimum Gasteiger partial charge on any atom is -0.384 e. The summed E-state index contributed by atoms with van der Waals surface area (Å²) in [5, 5.41) is 18.1. The molecule has 0 aliphatic carbocycles. The Morgan fingerprint density at radius 3 is 2.53 bits per heavy atom. The molecule has 0 unspecified atom stereocenters. The molecule has 0 atom stereocenters. The lowest BCUT2D eigenvalue weighted by atomic mass is 10.0. The molecule has 4 aromatic rings. The monoisotopic (exact) mass is 437 g/mol. The van der Waals surface area contributed by atoms with Crippen LogP contribution >= 0.6 is 0 Å². The van der Waals surface area contributed by atoms with Crippen molar-refractivity contribution in [1.82, 2.24) is 29.9 Å². The van der Waals surface area contributed by atoms with Crippen LogP contribution in [-0.4, -0.2) is 35.1 Å². The van der Waals surface area contributed by atoms with Crippen LogP contribution in [0.1, 0.15) is 30.8 Å². The average molecular weight is 437 g/mol. The SMILES string of the molecule is Cc1cccc(-c2nc(N)c(F)c(-c3cn(Cc4cccc(C(C)(C)O)n4)nn3)n2)c1F. The lowest BCUT2D eigenvalue weighted by Crippen LogP contribution is -2.18. The molecule has 4 rings (SSSR count). The molecule has 164 valence electrons. The van der Waals surface area contributed by atoms with E-state index in [1.165, 1.54) is 16.9 Å². The van der Waals surface area contributed by atoms with Gasteiger partial charge in [-0.15, -0.1) is 5.10 Å². The summed E-state index contributed by atoms with van der Waals surface area (Å²) in [4.78, 5) is 12.5. The van der Waals surface area contributed by atoms with Gasteiger partial charge in [-0.3, -0.25) is 4.98 Å². The van der Waals surface area contributed by atoms with Crippen LogP contribution in [0.15, 0.2) is 42.6 Å². The number of halogens is 2. The van der Waals surface area contributed by atoms with Gasteiger partial charge in [0.25, 0.3) is 0 Å². The minimum atomic E-state index is -1.09. The maximum Gasteiger partial charge on any atom is 0.193 e. The van der Waals surface area contributed by atoms with Crippen molar-refractivity contribution in [1.29, 1.82) is 0 Å². The number of aliphatic hydroxyl groups is 1. The van der Waals surface area contributed by atoms with E-state index in [2.05, 4.69) is 25.3 Å². The number of benzene rings is 1. The first-order valence-corrected chi connectivity index (χ1v) is 9.81. The summed E-state index contributed by atoms with van der Waals surface area (Å²) >= 11 is 0. The Labute approximate surface area is 182 Å². The molecular weight excluding hydrogens is 416 g/mol. The van der Waals surface area contributed by atoms with Crippen molar-refractivity contribution < 1.29 is 13.9 Å². The normalized spacial score (nSPS) is 11.7. The van der Waals surface area contributed by atoms with Gasteiger partial charge in [0.15, 0.2) is 17.5 Å². The first-order chi connectivity index (χ1) is 15.1. The molecule has 0 fully saturated rings. The Morgan fingerprint density at radius 2 is 1.78 bits per heavy atom. The summed E-state index contributed by atoms with van der Waals surface area (Å²) in [6.07, 6.45) is 1.49. The van der Waals surface area contributed by atoms with Crippen molar-refractivity contribution in [2.24, 2.45) is 0 Å². The molecule has 0 radical (unpaired) electrons. The predicted octanol–water partition coefficient (Wildman–Crippen LogP) is 3.24. The van der Waals surface area contributed by atoms with Crippen molar-refractivity contribution in [2.45, 2.75) is 32.9 Å². The summed E-state index contributed by atoms with van der Waals surface area (Å²) in [5.41, 5.74) is 6.23. The number of aryl methyl sites for hydroxylation is 1. The highest BCUT2D eigenvalue weighted by molar-refractivity contribution is 5.65. The molecule has 3 heterocycles. The van der Waals surface area contributed by atoms with Gasteiger partial charge in [-0.05, 0) is 44.5 Å². The third-order valence-electron chi connectivity index (χ3n) is 4.85. The molecular formula is C22H21F2N7O. The summed E-state index contributed by atoms with van der Waals surface area (Å²) in [7, 11) is 0. The van der Waals surface area contributed by atoms with Crippen LogP contribution in [0, 0.1) is 18.6 Å². The van der Waals surface area contributed by atoms with E-state index in [1.54, 1.807) is 51.1 Å². The molecule has 32 heavy (non-hydrogen) atoms. The fourth-order valence-corrected chi connectivity index (χ4v) is 3.13. The summed E-state index contributed by atoms with van der Waals surface area (Å²) in [6.45, 7) is 5.13. The Morgan fingerprint density at radius 1 is 1.03 bits per heavy atom. The quantitative estimate of drug-likeness (QED) is 0.492. The lowest BCUT2D eigenvalue weighted by molar-refractivity contribution is 0.0736. The number of nitrogens with two attached hydrogens (primary N) is 1. The Balaban J connectivity index is 1.69. The van der Waals surface area contributed by atoms with Crippen LogP contribution in [0.3, 0.4) is 0 Å². The molecule has 0 spiro atoms. The fourth-order valence-electron chi connectivity index (χ4n) is 3.13. The summed E-state index contributed by atoms with van der Waals surface area (Å²) in [6, 6.07) is 10.0. The Kier molecular flexibility index (Phi) is 5.39. The zero-order valence-corrected chi connectivity index (χ0v) is 17.7. The maximum absolute atomic E-state index is 14.7. The number of nitrogen functional groups attached to an aromatic ring is 1. The second-order valence-electron chi connectivity index (χ2n) is 7.91. The van der Waals surface area contributed by atoms with E-state index in [4.69, 9.17) is 5.73 Å². The molecule has 3 N–H and O–H groups in total. The van der Waals surface area contributed by atoms with Crippen molar-refractivity contribution >= 4 is 5.82 Å². The van der Waals surface area contributed by atoms with Crippen molar-refractivity contribution in [3.8, 4) is 22.8 Å².